The number of para-hydroxylation sites is 2. The van der Waals surface area contributed by atoms with E-state index in [-0.39, 0.29) is 5.91 Å². The summed E-state index contributed by atoms with van der Waals surface area (Å²) in [6.07, 6.45) is 0. The molecule has 1 aliphatic heterocycles. The molecule has 1 fully saturated rings. The van der Waals surface area contributed by atoms with Gasteiger partial charge in [-0.1, -0.05) is 24.3 Å². The van der Waals surface area contributed by atoms with E-state index in [9.17, 15) is 9.90 Å². The van der Waals surface area contributed by atoms with Crippen molar-refractivity contribution in [3.63, 3.8) is 0 Å². The minimum atomic E-state index is -0.664. The van der Waals surface area contributed by atoms with Crippen LogP contribution < -0.4 is 11.1 Å². The number of nitrogen functional groups attached to an aromatic ring is 1. The molecule has 1 aliphatic rings. The highest BCUT2D eigenvalue weighted by Crippen LogP contribution is 2.19. The lowest BCUT2D eigenvalue weighted by Crippen LogP contribution is -2.54. The molecule has 6 nitrogen and oxygen atoms in total. The fraction of sp³-hybridized carbons (Fsp3) is 0.435. The zero-order valence-electron chi connectivity index (χ0n) is 17.6. The lowest BCUT2D eigenvalue weighted by molar-refractivity contribution is 0.00197. The first kappa shape index (κ1) is 21.3. The van der Waals surface area contributed by atoms with Crippen LogP contribution in [0.3, 0.4) is 0 Å². The Morgan fingerprint density at radius 1 is 1.17 bits per heavy atom. The SMILES string of the molecule is CC1CN(CC(C)(C)O)CCN1Cc1ccc(C(=O)Nc2ccccc2N)cc1. The van der Waals surface area contributed by atoms with Gasteiger partial charge in [-0.25, -0.2) is 0 Å². The molecule has 1 saturated heterocycles. The van der Waals surface area contributed by atoms with Crippen molar-refractivity contribution in [1.82, 2.24) is 9.80 Å². The maximum Gasteiger partial charge on any atom is 0.255 e. The van der Waals surface area contributed by atoms with E-state index in [0.717, 1.165) is 26.2 Å². The number of carbonyl (C=O) groups is 1. The van der Waals surface area contributed by atoms with E-state index in [1.807, 2.05) is 50.2 Å². The molecule has 0 saturated carbocycles. The molecule has 0 spiro atoms. The Kier molecular flexibility index (Phi) is 6.57. The van der Waals surface area contributed by atoms with Gasteiger partial charge in [0.25, 0.3) is 5.91 Å². The zero-order valence-corrected chi connectivity index (χ0v) is 17.6. The third-order valence-corrected chi connectivity index (χ3v) is 5.27. The lowest BCUT2D eigenvalue weighted by Gasteiger charge is -2.41. The molecule has 6 heteroatoms. The number of nitrogens with zero attached hydrogens (tertiary/aromatic N) is 2. The van der Waals surface area contributed by atoms with Crippen LogP contribution in [0.2, 0.25) is 0 Å². The van der Waals surface area contributed by atoms with Crippen molar-refractivity contribution >= 4 is 17.3 Å². The number of carbonyl (C=O) groups excluding carboxylic acids is 1. The molecular formula is C23H32N4O2. The summed E-state index contributed by atoms with van der Waals surface area (Å²) in [4.78, 5) is 17.2. The standard InChI is InChI=1S/C23H32N4O2/c1-17-14-26(16-23(2,3)29)12-13-27(17)15-18-8-10-19(11-9-18)22(28)25-21-7-5-4-6-20(21)24/h4-11,17,29H,12-16,24H2,1-3H3,(H,25,28). The second kappa shape index (κ2) is 8.95. The molecule has 2 aromatic rings. The van der Waals surface area contributed by atoms with Crippen LogP contribution in [0, 0.1) is 0 Å². The fourth-order valence-electron chi connectivity index (χ4n) is 3.80. The first-order chi connectivity index (χ1) is 13.7. The van der Waals surface area contributed by atoms with Gasteiger partial charge in [-0.3, -0.25) is 14.6 Å². The second-order valence-electron chi connectivity index (χ2n) is 8.61. The Bertz CT molecular complexity index is 830. The normalized spacial score (nSPS) is 18.6. The van der Waals surface area contributed by atoms with Crippen LogP contribution in [0.5, 0.6) is 0 Å². The maximum atomic E-state index is 12.5. The number of amides is 1. The van der Waals surface area contributed by atoms with Gasteiger partial charge in [-0.15, -0.1) is 0 Å². The first-order valence-corrected chi connectivity index (χ1v) is 10.1. The van der Waals surface area contributed by atoms with Gasteiger partial charge in [-0.05, 0) is 50.6 Å². The molecule has 1 atom stereocenters. The van der Waals surface area contributed by atoms with Gasteiger partial charge in [0.05, 0.1) is 17.0 Å². The van der Waals surface area contributed by atoms with E-state index in [2.05, 4.69) is 22.0 Å². The number of aliphatic hydroxyl groups is 1. The molecule has 0 radical (unpaired) electrons. The summed E-state index contributed by atoms with van der Waals surface area (Å²) < 4.78 is 0. The van der Waals surface area contributed by atoms with Crippen LogP contribution in [-0.2, 0) is 6.54 Å². The number of β-amino-alcohol motifs (C(OH)–C–C–N with tert-alkyl or cyclic N) is 1. The number of nitrogens with one attached hydrogen (secondary N) is 1. The molecule has 1 unspecified atom stereocenters. The average Bonchev–Trinajstić information content (AvgIpc) is 2.65. The molecule has 0 aliphatic carbocycles. The summed E-state index contributed by atoms with van der Waals surface area (Å²) in [6, 6.07) is 15.4. The van der Waals surface area contributed by atoms with Crippen LogP contribution in [0.15, 0.2) is 48.5 Å². The van der Waals surface area contributed by atoms with Crippen molar-refractivity contribution in [1.29, 1.82) is 0 Å². The Balaban J connectivity index is 1.55. The monoisotopic (exact) mass is 396 g/mol. The van der Waals surface area contributed by atoms with Gasteiger partial charge in [0, 0.05) is 44.3 Å². The average molecular weight is 397 g/mol. The molecule has 0 bridgehead atoms. The van der Waals surface area contributed by atoms with Gasteiger partial charge in [0.15, 0.2) is 0 Å². The van der Waals surface area contributed by atoms with Crippen molar-refractivity contribution in [3.8, 4) is 0 Å². The van der Waals surface area contributed by atoms with E-state index in [0.29, 0.717) is 29.5 Å². The number of anilines is 2. The summed E-state index contributed by atoms with van der Waals surface area (Å²) in [6.45, 7) is 10.3. The van der Waals surface area contributed by atoms with Gasteiger partial charge < -0.3 is 16.2 Å². The Morgan fingerprint density at radius 3 is 2.48 bits per heavy atom. The quantitative estimate of drug-likeness (QED) is 0.654. The molecular weight excluding hydrogens is 364 g/mol. The van der Waals surface area contributed by atoms with Gasteiger partial charge >= 0.3 is 0 Å². The minimum Gasteiger partial charge on any atom is -0.397 e. The van der Waals surface area contributed by atoms with Crippen molar-refractivity contribution in [2.75, 3.05) is 37.2 Å². The van der Waals surface area contributed by atoms with Crippen LogP contribution in [0.4, 0.5) is 11.4 Å². The predicted octanol–water partition coefficient (Wildman–Crippen LogP) is 2.80. The van der Waals surface area contributed by atoms with Crippen molar-refractivity contribution in [3.05, 3.63) is 59.7 Å². The Hall–Kier alpha value is -2.41. The van der Waals surface area contributed by atoms with Crippen LogP contribution in [0.25, 0.3) is 0 Å². The summed E-state index contributed by atoms with van der Waals surface area (Å²) >= 11 is 0. The molecule has 2 aromatic carbocycles. The first-order valence-electron chi connectivity index (χ1n) is 10.1. The number of hydrogen-bond donors (Lipinski definition) is 3. The fourth-order valence-corrected chi connectivity index (χ4v) is 3.80. The smallest absolute Gasteiger partial charge is 0.255 e. The van der Waals surface area contributed by atoms with E-state index >= 15 is 0 Å². The molecule has 29 heavy (non-hydrogen) atoms. The van der Waals surface area contributed by atoms with E-state index in [1.165, 1.54) is 5.56 Å². The summed E-state index contributed by atoms with van der Waals surface area (Å²) in [5.74, 6) is -0.164. The summed E-state index contributed by atoms with van der Waals surface area (Å²) in [5.41, 5.74) is 8.20. The largest absolute Gasteiger partial charge is 0.397 e. The van der Waals surface area contributed by atoms with E-state index < -0.39 is 5.60 Å². The number of nitrogens with two attached hydrogens (primary N) is 1. The predicted molar refractivity (Wildman–Crippen MR) is 118 cm³/mol. The van der Waals surface area contributed by atoms with Crippen molar-refractivity contribution < 1.29 is 9.90 Å². The molecule has 4 N–H and O–H groups in total. The Morgan fingerprint density at radius 2 is 1.86 bits per heavy atom. The highest BCUT2D eigenvalue weighted by Gasteiger charge is 2.27. The molecule has 1 heterocycles. The Labute approximate surface area is 173 Å². The van der Waals surface area contributed by atoms with Gasteiger partial charge in [0.2, 0.25) is 0 Å². The van der Waals surface area contributed by atoms with Crippen LogP contribution >= 0.6 is 0 Å². The van der Waals surface area contributed by atoms with Crippen LogP contribution in [-0.4, -0.2) is 58.6 Å². The highest BCUT2D eigenvalue weighted by atomic mass is 16.3. The van der Waals surface area contributed by atoms with E-state index in [4.69, 9.17) is 5.73 Å². The number of benzene rings is 2. The topological polar surface area (TPSA) is 81.8 Å². The maximum absolute atomic E-state index is 12.5. The minimum absolute atomic E-state index is 0.164. The summed E-state index contributed by atoms with van der Waals surface area (Å²) in [7, 11) is 0. The third-order valence-electron chi connectivity index (χ3n) is 5.27. The van der Waals surface area contributed by atoms with Gasteiger partial charge in [0.1, 0.15) is 0 Å². The molecule has 1 amide bonds. The number of rotatable bonds is 6. The van der Waals surface area contributed by atoms with E-state index in [1.54, 1.807) is 12.1 Å². The lowest BCUT2D eigenvalue weighted by atomic mass is 10.1. The summed E-state index contributed by atoms with van der Waals surface area (Å²) in [5, 5.41) is 12.9. The third kappa shape index (κ3) is 6.03. The number of hydrogen-bond acceptors (Lipinski definition) is 5. The molecule has 0 aromatic heterocycles. The van der Waals surface area contributed by atoms with Crippen molar-refractivity contribution in [2.24, 2.45) is 0 Å². The van der Waals surface area contributed by atoms with Crippen LogP contribution in [0.1, 0.15) is 36.7 Å². The molecule has 3 rings (SSSR count). The van der Waals surface area contributed by atoms with Crippen molar-refractivity contribution in [2.45, 2.75) is 39.0 Å². The second-order valence-corrected chi connectivity index (χ2v) is 8.61. The zero-order chi connectivity index (χ0) is 21.0. The number of piperazine rings is 1. The molecule has 156 valence electrons. The van der Waals surface area contributed by atoms with Gasteiger partial charge in [-0.2, -0.15) is 0 Å². The highest BCUT2D eigenvalue weighted by molar-refractivity contribution is 6.05.